The number of alkyl halides is 3. The van der Waals surface area contributed by atoms with E-state index in [4.69, 9.17) is 9.84 Å². The molecule has 2 aromatic rings. The van der Waals surface area contributed by atoms with Crippen LogP contribution in [0.3, 0.4) is 0 Å². The molecule has 0 unspecified atom stereocenters. The van der Waals surface area contributed by atoms with Gasteiger partial charge in [0.1, 0.15) is 6.07 Å². The number of pyridine rings is 1. The number of hydrogen-bond acceptors (Lipinski definition) is 6. The van der Waals surface area contributed by atoms with Crippen LogP contribution in [0, 0.1) is 11.3 Å². The molecule has 1 amide bonds. The van der Waals surface area contributed by atoms with Gasteiger partial charge in [0.2, 0.25) is 0 Å². The zero-order valence-electron chi connectivity index (χ0n) is 16.2. The van der Waals surface area contributed by atoms with Crippen molar-refractivity contribution >= 4 is 22.5 Å². The van der Waals surface area contributed by atoms with Crippen LogP contribution in [0.4, 0.5) is 18.9 Å². The second kappa shape index (κ2) is 8.85. The van der Waals surface area contributed by atoms with Crippen LogP contribution >= 0.6 is 0 Å². The Labute approximate surface area is 171 Å². The Morgan fingerprint density at radius 3 is 2.90 bits per heavy atom. The lowest BCUT2D eigenvalue weighted by Gasteiger charge is -2.38. The fraction of sp³-hybridized carbons (Fsp3) is 0.450. The van der Waals surface area contributed by atoms with Crippen molar-refractivity contribution < 1.29 is 27.8 Å². The molecule has 1 aromatic carbocycles. The lowest BCUT2D eigenvalue weighted by atomic mass is 10.1. The van der Waals surface area contributed by atoms with E-state index in [-0.39, 0.29) is 19.2 Å². The molecule has 0 spiro atoms. The summed E-state index contributed by atoms with van der Waals surface area (Å²) in [5.74, 6) is -0.544. The number of nitrogens with zero attached hydrogens (tertiary/aromatic N) is 3. The van der Waals surface area contributed by atoms with Crippen LogP contribution in [0.2, 0.25) is 0 Å². The predicted octanol–water partition coefficient (Wildman–Crippen LogP) is 2.13. The Bertz CT molecular complexity index is 960. The molecule has 10 heteroatoms. The fourth-order valence-electron chi connectivity index (χ4n) is 3.43. The number of anilines is 1. The number of hydrogen-bond donors (Lipinski definition) is 2. The molecule has 2 N–H and O–H groups in total. The third-order valence-corrected chi connectivity index (χ3v) is 4.86. The van der Waals surface area contributed by atoms with Gasteiger partial charge in [-0.05, 0) is 37.6 Å². The van der Waals surface area contributed by atoms with Gasteiger partial charge < -0.3 is 20.1 Å². The van der Waals surface area contributed by atoms with E-state index in [1.54, 1.807) is 31.3 Å². The van der Waals surface area contributed by atoms with Crippen molar-refractivity contribution in [3.05, 3.63) is 36.0 Å². The summed E-state index contributed by atoms with van der Waals surface area (Å²) in [7, 11) is 0. The number of halogens is 3. The Kier molecular flexibility index (Phi) is 6.43. The summed E-state index contributed by atoms with van der Waals surface area (Å²) in [6.45, 7) is 2.15. The average molecular weight is 422 g/mol. The third kappa shape index (κ3) is 4.80. The van der Waals surface area contributed by atoms with Gasteiger partial charge in [0.25, 0.3) is 5.91 Å². The highest BCUT2D eigenvalue weighted by Gasteiger charge is 2.38. The minimum Gasteiger partial charge on any atom is -0.384 e. The molecular weight excluding hydrogens is 401 g/mol. The lowest BCUT2D eigenvalue weighted by Crippen LogP contribution is -2.53. The number of amides is 1. The number of morpholine rings is 1. The molecule has 1 fully saturated rings. The van der Waals surface area contributed by atoms with E-state index < -0.39 is 30.7 Å². The first-order valence-corrected chi connectivity index (χ1v) is 9.41. The summed E-state index contributed by atoms with van der Waals surface area (Å²) in [4.78, 5) is 18.7. The number of rotatable bonds is 5. The number of fused-ring (bicyclic) bond motifs is 1. The van der Waals surface area contributed by atoms with Gasteiger partial charge in [0.05, 0.1) is 23.7 Å². The van der Waals surface area contributed by atoms with E-state index in [0.717, 1.165) is 11.1 Å². The standard InChI is InChI=1S/C20H21F3N4O3/c1-12-10-27(15-5-4-13(9-24)18-14(15)3-2-7-25-18)11-16(30-12)19(29)26-8-6-17(28)20(21,22)23/h2-5,7,12,16-17,28H,6,8,10-11H2,1H3,(H,26,29)/t12-,16-,17-/m1/s1. The van der Waals surface area contributed by atoms with Crippen LogP contribution in [-0.4, -0.2) is 60.1 Å². The molecule has 1 saturated heterocycles. The first-order chi connectivity index (χ1) is 14.2. The number of aliphatic hydroxyl groups excluding tert-OH is 1. The molecule has 1 aromatic heterocycles. The maximum absolute atomic E-state index is 12.4. The van der Waals surface area contributed by atoms with Crippen molar-refractivity contribution in [1.29, 1.82) is 5.26 Å². The van der Waals surface area contributed by atoms with Crippen molar-refractivity contribution in [2.45, 2.75) is 37.8 Å². The first-order valence-electron chi connectivity index (χ1n) is 9.41. The molecule has 3 rings (SSSR count). The van der Waals surface area contributed by atoms with Gasteiger partial charge in [-0.25, -0.2) is 0 Å². The molecule has 1 aliphatic rings. The smallest absolute Gasteiger partial charge is 0.384 e. The SMILES string of the molecule is C[C@@H]1CN(c2ccc(C#N)c3ncccc23)C[C@H](C(=O)NCC[C@@H](O)C(F)(F)F)O1. The zero-order valence-corrected chi connectivity index (χ0v) is 16.2. The van der Waals surface area contributed by atoms with Gasteiger partial charge in [0.15, 0.2) is 12.2 Å². The number of nitrogens with one attached hydrogen (secondary N) is 1. The van der Waals surface area contributed by atoms with Gasteiger partial charge in [-0.3, -0.25) is 9.78 Å². The van der Waals surface area contributed by atoms with E-state index >= 15 is 0 Å². The molecular formula is C20H21F3N4O3. The van der Waals surface area contributed by atoms with Gasteiger partial charge in [-0.2, -0.15) is 18.4 Å². The molecule has 160 valence electrons. The van der Waals surface area contributed by atoms with E-state index in [0.29, 0.717) is 17.6 Å². The summed E-state index contributed by atoms with van der Waals surface area (Å²) in [5.41, 5.74) is 1.78. The van der Waals surface area contributed by atoms with Crippen LogP contribution in [0.25, 0.3) is 10.9 Å². The molecule has 7 nitrogen and oxygen atoms in total. The number of nitriles is 1. The molecule has 2 heterocycles. The van der Waals surface area contributed by atoms with Gasteiger partial charge in [-0.15, -0.1) is 0 Å². The normalized spacial score (nSPS) is 20.6. The quantitative estimate of drug-likeness (QED) is 0.766. The van der Waals surface area contributed by atoms with Gasteiger partial charge >= 0.3 is 6.18 Å². The van der Waals surface area contributed by atoms with Crippen molar-refractivity contribution in [1.82, 2.24) is 10.3 Å². The number of aromatic nitrogens is 1. The summed E-state index contributed by atoms with van der Waals surface area (Å²) >= 11 is 0. The van der Waals surface area contributed by atoms with Crippen LogP contribution in [0.15, 0.2) is 30.5 Å². The molecule has 1 aliphatic heterocycles. The number of carbonyl (C=O) groups excluding carboxylic acids is 1. The summed E-state index contributed by atoms with van der Waals surface area (Å²) in [6, 6.07) is 9.16. The fourth-order valence-corrected chi connectivity index (χ4v) is 3.43. The second-order valence-corrected chi connectivity index (χ2v) is 7.12. The van der Waals surface area contributed by atoms with Gasteiger partial charge in [0, 0.05) is 30.4 Å². The van der Waals surface area contributed by atoms with Gasteiger partial charge in [-0.1, -0.05) is 0 Å². The van der Waals surface area contributed by atoms with Crippen LogP contribution in [0.1, 0.15) is 18.9 Å². The highest BCUT2D eigenvalue weighted by atomic mass is 19.4. The Morgan fingerprint density at radius 1 is 1.43 bits per heavy atom. The van der Waals surface area contributed by atoms with Crippen LogP contribution in [-0.2, 0) is 9.53 Å². The Hall–Kier alpha value is -2.90. The van der Waals surface area contributed by atoms with E-state index in [1.807, 2.05) is 11.0 Å². The van der Waals surface area contributed by atoms with Crippen molar-refractivity contribution in [2.75, 3.05) is 24.5 Å². The highest BCUT2D eigenvalue weighted by molar-refractivity contribution is 5.95. The first kappa shape index (κ1) is 21.8. The van der Waals surface area contributed by atoms with Crippen molar-refractivity contribution in [3.8, 4) is 6.07 Å². The third-order valence-electron chi connectivity index (χ3n) is 4.86. The second-order valence-electron chi connectivity index (χ2n) is 7.12. The number of carbonyl (C=O) groups is 1. The predicted molar refractivity (Wildman–Crippen MR) is 103 cm³/mol. The summed E-state index contributed by atoms with van der Waals surface area (Å²) in [5, 5.41) is 21.5. The molecule has 30 heavy (non-hydrogen) atoms. The van der Waals surface area contributed by atoms with E-state index in [9.17, 15) is 23.2 Å². The zero-order chi connectivity index (χ0) is 21.9. The maximum atomic E-state index is 12.4. The molecule has 0 bridgehead atoms. The average Bonchev–Trinajstić information content (AvgIpc) is 2.71. The molecule has 0 saturated carbocycles. The molecule has 3 atom stereocenters. The number of ether oxygens (including phenoxy) is 1. The maximum Gasteiger partial charge on any atom is 0.414 e. The highest BCUT2D eigenvalue weighted by Crippen LogP contribution is 2.30. The Balaban J connectivity index is 1.73. The number of benzene rings is 1. The van der Waals surface area contributed by atoms with E-state index in [1.165, 1.54) is 0 Å². The lowest BCUT2D eigenvalue weighted by molar-refractivity contribution is -0.205. The largest absolute Gasteiger partial charge is 0.414 e. The molecule has 0 radical (unpaired) electrons. The topological polar surface area (TPSA) is 98.5 Å². The minimum atomic E-state index is -4.72. The van der Waals surface area contributed by atoms with Crippen LogP contribution in [0.5, 0.6) is 0 Å². The Morgan fingerprint density at radius 2 is 2.20 bits per heavy atom. The van der Waals surface area contributed by atoms with E-state index in [2.05, 4.69) is 16.4 Å². The number of aliphatic hydroxyl groups is 1. The van der Waals surface area contributed by atoms with Crippen molar-refractivity contribution in [2.24, 2.45) is 0 Å². The molecule has 0 aliphatic carbocycles. The monoisotopic (exact) mass is 422 g/mol. The van der Waals surface area contributed by atoms with Crippen LogP contribution < -0.4 is 10.2 Å². The van der Waals surface area contributed by atoms with Crippen molar-refractivity contribution in [3.63, 3.8) is 0 Å². The summed E-state index contributed by atoms with van der Waals surface area (Å²) < 4.78 is 42.8. The minimum absolute atomic E-state index is 0.188. The summed E-state index contributed by atoms with van der Waals surface area (Å²) in [6.07, 6.45) is -7.44.